The molecule has 1 aromatic rings. The summed E-state index contributed by atoms with van der Waals surface area (Å²) in [5.41, 5.74) is 5.95. The van der Waals surface area contributed by atoms with Crippen LogP contribution in [0.1, 0.15) is 6.92 Å². The third kappa shape index (κ3) is 3.02. The van der Waals surface area contributed by atoms with Gasteiger partial charge in [0, 0.05) is 26.2 Å². The highest BCUT2D eigenvalue weighted by Crippen LogP contribution is 2.25. The number of benzene rings is 1. The molecule has 0 aromatic heterocycles. The zero-order chi connectivity index (χ0) is 14.0. The van der Waals surface area contributed by atoms with Crippen LogP contribution in [0.4, 0.5) is 5.69 Å². The first-order valence-corrected chi connectivity index (χ1v) is 8.04. The van der Waals surface area contributed by atoms with Gasteiger partial charge in [0.25, 0.3) is 0 Å². The smallest absolute Gasteiger partial charge is 0.243 e. The first-order chi connectivity index (χ1) is 8.95. The lowest BCUT2D eigenvalue weighted by molar-refractivity contribution is 0.196. The fourth-order valence-electron chi connectivity index (χ4n) is 2.12. The molecule has 7 heteroatoms. The van der Waals surface area contributed by atoms with Crippen molar-refractivity contribution < 1.29 is 8.42 Å². The standard InChI is InChI=1S/C12H18ClN3O2S/c1-2-15-5-7-16(8-6-15)19(17,18)10-3-4-11(13)12(14)9-10/h3-4,9H,2,5-8,14H2,1H3. The van der Waals surface area contributed by atoms with Crippen LogP contribution in [0.3, 0.4) is 0 Å². The topological polar surface area (TPSA) is 66.6 Å². The van der Waals surface area contributed by atoms with Crippen molar-refractivity contribution in [3.8, 4) is 0 Å². The molecule has 1 heterocycles. The van der Waals surface area contributed by atoms with Crippen molar-refractivity contribution in [2.75, 3.05) is 38.5 Å². The van der Waals surface area contributed by atoms with Crippen LogP contribution in [0.25, 0.3) is 0 Å². The van der Waals surface area contributed by atoms with E-state index < -0.39 is 10.0 Å². The lowest BCUT2D eigenvalue weighted by Crippen LogP contribution is -2.48. The third-order valence-corrected chi connectivity index (χ3v) is 5.62. The molecule has 1 aromatic carbocycles. The van der Waals surface area contributed by atoms with E-state index in [2.05, 4.69) is 11.8 Å². The van der Waals surface area contributed by atoms with E-state index in [1.54, 1.807) is 0 Å². The number of hydrogen-bond donors (Lipinski definition) is 1. The third-order valence-electron chi connectivity index (χ3n) is 3.38. The maximum Gasteiger partial charge on any atom is 0.243 e. The minimum atomic E-state index is -3.46. The number of likely N-dealkylation sites (N-methyl/N-ethyl adjacent to an activating group) is 1. The van der Waals surface area contributed by atoms with E-state index >= 15 is 0 Å². The molecule has 5 nitrogen and oxygen atoms in total. The summed E-state index contributed by atoms with van der Waals surface area (Å²) >= 11 is 5.81. The van der Waals surface area contributed by atoms with Gasteiger partial charge in [0.2, 0.25) is 10.0 Å². The van der Waals surface area contributed by atoms with E-state index in [1.165, 1.54) is 22.5 Å². The van der Waals surface area contributed by atoms with E-state index in [-0.39, 0.29) is 10.6 Å². The fraction of sp³-hybridized carbons (Fsp3) is 0.500. The Bertz CT molecular complexity index is 554. The van der Waals surface area contributed by atoms with Crippen LogP contribution in [-0.4, -0.2) is 50.3 Å². The van der Waals surface area contributed by atoms with Crippen molar-refractivity contribution in [2.24, 2.45) is 0 Å². The van der Waals surface area contributed by atoms with Crippen LogP contribution in [-0.2, 0) is 10.0 Å². The molecule has 0 saturated carbocycles. The molecule has 1 saturated heterocycles. The first kappa shape index (κ1) is 14.6. The Kier molecular flexibility index (Phi) is 4.35. The van der Waals surface area contributed by atoms with E-state index in [4.69, 9.17) is 17.3 Å². The van der Waals surface area contributed by atoms with Gasteiger partial charge in [-0.3, -0.25) is 0 Å². The number of rotatable bonds is 3. The van der Waals surface area contributed by atoms with Crippen molar-refractivity contribution in [2.45, 2.75) is 11.8 Å². The van der Waals surface area contributed by atoms with Crippen LogP contribution < -0.4 is 5.73 Å². The minimum absolute atomic E-state index is 0.208. The fourth-order valence-corrected chi connectivity index (χ4v) is 3.69. The highest BCUT2D eigenvalue weighted by molar-refractivity contribution is 7.89. The number of piperazine rings is 1. The van der Waals surface area contributed by atoms with E-state index in [0.717, 1.165) is 19.6 Å². The largest absolute Gasteiger partial charge is 0.397 e. The molecule has 0 radical (unpaired) electrons. The van der Waals surface area contributed by atoms with Crippen LogP contribution >= 0.6 is 11.6 Å². The first-order valence-electron chi connectivity index (χ1n) is 6.22. The number of hydrogen-bond acceptors (Lipinski definition) is 4. The number of nitrogens with zero attached hydrogens (tertiary/aromatic N) is 2. The summed E-state index contributed by atoms with van der Waals surface area (Å²) in [6.07, 6.45) is 0. The summed E-state index contributed by atoms with van der Waals surface area (Å²) in [5.74, 6) is 0. The maximum atomic E-state index is 12.5. The second-order valence-corrected chi connectivity index (χ2v) is 6.87. The van der Waals surface area contributed by atoms with Gasteiger partial charge in [0.15, 0.2) is 0 Å². The van der Waals surface area contributed by atoms with Crippen LogP contribution in [0.5, 0.6) is 0 Å². The van der Waals surface area contributed by atoms with E-state index in [9.17, 15) is 8.42 Å². The van der Waals surface area contributed by atoms with Gasteiger partial charge in [0.05, 0.1) is 15.6 Å². The molecule has 0 unspecified atom stereocenters. The van der Waals surface area contributed by atoms with Gasteiger partial charge in [0.1, 0.15) is 0 Å². The summed E-state index contributed by atoms with van der Waals surface area (Å²) < 4.78 is 26.4. The number of halogens is 1. The van der Waals surface area contributed by atoms with Crippen molar-refractivity contribution in [3.63, 3.8) is 0 Å². The highest BCUT2D eigenvalue weighted by Gasteiger charge is 2.28. The van der Waals surface area contributed by atoms with Crippen molar-refractivity contribution in [3.05, 3.63) is 23.2 Å². The summed E-state index contributed by atoms with van der Waals surface area (Å²) in [4.78, 5) is 2.43. The zero-order valence-electron chi connectivity index (χ0n) is 10.8. The Morgan fingerprint density at radius 2 is 1.89 bits per heavy atom. The Hall–Kier alpha value is -0.820. The summed E-state index contributed by atoms with van der Waals surface area (Å²) in [6, 6.07) is 4.44. The van der Waals surface area contributed by atoms with E-state index in [0.29, 0.717) is 18.1 Å². The molecule has 0 bridgehead atoms. The molecule has 2 N–H and O–H groups in total. The second-order valence-electron chi connectivity index (χ2n) is 4.52. The van der Waals surface area contributed by atoms with Crippen molar-refractivity contribution in [1.29, 1.82) is 0 Å². The minimum Gasteiger partial charge on any atom is -0.397 e. The number of nitrogen functional groups attached to an aromatic ring is 1. The molecule has 19 heavy (non-hydrogen) atoms. The quantitative estimate of drug-likeness (QED) is 0.854. The van der Waals surface area contributed by atoms with Crippen LogP contribution in [0, 0.1) is 0 Å². The number of sulfonamides is 1. The molecule has 1 aliphatic heterocycles. The molecule has 0 amide bonds. The molecule has 0 atom stereocenters. The van der Waals surface area contributed by atoms with Crippen LogP contribution in [0.15, 0.2) is 23.1 Å². The normalized spacial score (nSPS) is 18.6. The predicted molar refractivity (Wildman–Crippen MR) is 76.7 cm³/mol. The van der Waals surface area contributed by atoms with Gasteiger partial charge in [-0.15, -0.1) is 0 Å². The SMILES string of the molecule is CCN1CCN(S(=O)(=O)c2ccc(Cl)c(N)c2)CC1. The summed E-state index contributed by atoms with van der Waals surface area (Å²) in [6.45, 7) is 5.57. The van der Waals surface area contributed by atoms with Crippen molar-refractivity contribution >= 4 is 27.3 Å². The Balaban J connectivity index is 2.21. The Morgan fingerprint density at radius 1 is 1.26 bits per heavy atom. The van der Waals surface area contributed by atoms with Crippen molar-refractivity contribution in [1.82, 2.24) is 9.21 Å². The molecule has 1 fully saturated rings. The molecule has 106 valence electrons. The molecule has 0 aliphatic carbocycles. The number of nitrogens with two attached hydrogens (primary N) is 1. The zero-order valence-corrected chi connectivity index (χ0v) is 12.4. The molecule has 0 spiro atoms. The Morgan fingerprint density at radius 3 is 2.42 bits per heavy atom. The average molecular weight is 304 g/mol. The molecule has 2 rings (SSSR count). The molecule has 1 aliphatic rings. The van der Waals surface area contributed by atoms with Crippen LogP contribution in [0.2, 0.25) is 5.02 Å². The van der Waals surface area contributed by atoms with Gasteiger partial charge in [-0.1, -0.05) is 18.5 Å². The predicted octanol–water partition coefficient (Wildman–Crippen LogP) is 1.25. The lowest BCUT2D eigenvalue weighted by Gasteiger charge is -2.33. The van der Waals surface area contributed by atoms with Gasteiger partial charge < -0.3 is 10.6 Å². The second kappa shape index (κ2) is 5.66. The van der Waals surface area contributed by atoms with Gasteiger partial charge in [-0.25, -0.2) is 8.42 Å². The van der Waals surface area contributed by atoms with Gasteiger partial charge >= 0.3 is 0 Å². The lowest BCUT2D eigenvalue weighted by atomic mass is 10.3. The van der Waals surface area contributed by atoms with Gasteiger partial charge in [-0.05, 0) is 24.7 Å². The monoisotopic (exact) mass is 303 g/mol. The summed E-state index contributed by atoms with van der Waals surface area (Å²) in [5, 5.41) is 0.370. The maximum absolute atomic E-state index is 12.5. The Labute approximate surface area is 119 Å². The number of anilines is 1. The average Bonchev–Trinajstić information content (AvgIpc) is 2.41. The highest BCUT2D eigenvalue weighted by atomic mass is 35.5. The molecular formula is C12H18ClN3O2S. The van der Waals surface area contributed by atoms with E-state index in [1.807, 2.05) is 0 Å². The molecular weight excluding hydrogens is 286 g/mol. The summed E-state index contributed by atoms with van der Waals surface area (Å²) in [7, 11) is -3.46. The van der Waals surface area contributed by atoms with Gasteiger partial charge in [-0.2, -0.15) is 4.31 Å².